The minimum absolute atomic E-state index is 0.0912. The number of hydrogen-bond acceptors (Lipinski definition) is 3. The van der Waals surface area contributed by atoms with E-state index in [-0.39, 0.29) is 5.96 Å². The summed E-state index contributed by atoms with van der Waals surface area (Å²) in [5.41, 5.74) is 10.2. The second-order valence-corrected chi connectivity index (χ2v) is 2.61. The van der Waals surface area contributed by atoms with Gasteiger partial charge in [-0.15, -0.1) is 8.86 Å². The Morgan fingerprint density at radius 3 is 2.54 bits per heavy atom. The van der Waals surface area contributed by atoms with E-state index in [0.29, 0.717) is 33.0 Å². The SMILES string of the molecule is NC(N)=NCCOCCOCC=P. The molecular formula is C7H16N3O2P. The summed E-state index contributed by atoms with van der Waals surface area (Å²) in [7, 11) is 3.17. The van der Waals surface area contributed by atoms with E-state index in [9.17, 15) is 0 Å². The van der Waals surface area contributed by atoms with E-state index in [2.05, 4.69) is 13.9 Å². The van der Waals surface area contributed by atoms with Crippen molar-refractivity contribution in [3.05, 3.63) is 0 Å². The molecule has 0 aromatic rings. The second kappa shape index (κ2) is 9.45. The van der Waals surface area contributed by atoms with Gasteiger partial charge in [0.05, 0.1) is 33.0 Å². The van der Waals surface area contributed by atoms with Gasteiger partial charge in [0.25, 0.3) is 0 Å². The van der Waals surface area contributed by atoms with Gasteiger partial charge in [0.2, 0.25) is 0 Å². The molecule has 0 heterocycles. The van der Waals surface area contributed by atoms with Crippen LogP contribution in [0.4, 0.5) is 0 Å². The number of nitrogens with zero attached hydrogens (tertiary/aromatic N) is 1. The summed E-state index contributed by atoms with van der Waals surface area (Å²) in [6, 6.07) is 0. The van der Waals surface area contributed by atoms with E-state index >= 15 is 0 Å². The van der Waals surface area contributed by atoms with Crippen LogP contribution in [0.25, 0.3) is 0 Å². The molecule has 0 aliphatic carbocycles. The highest BCUT2D eigenvalue weighted by Crippen LogP contribution is 1.79. The standard InChI is InChI=1S/C7H16N3O2P/c8-7(9)10-1-2-11-3-4-12-5-6-13/h6,13H,1-5H2,(H4,8,9,10). The second-order valence-electron chi connectivity index (χ2n) is 2.20. The zero-order valence-electron chi connectivity index (χ0n) is 7.53. The molecule has 0 aromatic heterocycles. The lowest BCUT2D eigenvalue weighted by molar-refractivity contribution is 0.0667. The van der Waals surface area contributed by atoms with Gasteiger partial charge in [0.1, 0.15) is 0 Å². The Bertz CT molecular complexity index is 160. The molecule has 0 rings (SSSR count). The fourth-order valence-electron chi connectivity index (χ4n) is 0.601. The average molecular weight is 205 g/mol. The van der Waals surface area contributed by atoms with Crippen LogP contribution in [0.3, 0.4) is 0 Å². The number of nitrogens with two attached hydrogens (primary N) is 2. The first kappa shape index (κ1) is 12.4. The number of ether oxygens (including phenoxy) is 2. The van der Waals surface area contributed by atoms with Crippen LogP contribution in [0, 0.1) is 0 Å². The van der Waals surface area contributed by atoms with Crippen molar-refractivity contribution in [2.45, 2.75) is 0 Å². The van der Waals surface area contributed by atoms with Crippen molar-refractivity contribution in [2.75, 3.05) is 33.0 Å². The zero-order valence-corrected chi connectivity index (χ0v) is 8.53. The number of rotatable bonds is 8. The fourth-order valence-corrected chi connectivity index (χ4v) is 0.719. The highest BCUT2D eigenvalue weighted by atomic mass is 31.0. The third kappa shape index (κ3) is 11.4. The third-order valence-electron chi connectivity index (χ3n) is 1.10. The molecule has 0 saturated carbocycles. The molecule has 0 amide bonds. The molecule has 0 aliphatic rings. The summed E-state index contributed by atoms with van der Waals surface area (Å²) in [4.78, 5) is 3.75. The van der Waals surface area contributed by atoms with Crippen LogP contribution in [0.5, 0.6) is 0 Å². The van der Waals surface area contributed by atoms with Crippen LogP contribution in [-0.2, 0) is 9.47 Å². The fraction of sp³-hybridized carbons (Fsp3) is 0.714. The summed E-state index contributed by atoms with van der Waals surface area (Å²) in [6.07, 6.45) is 0. The summed E-state index contributed by atoms with van der Waals surface area (Å²) in [5, 5.41) is 0. The van der Waals surface area contributed by atoms with E-state index in [4.69, 9.17) is 20.9 Å². The van der Waals surface area contributed by atoms with E-state index in [1.54, 1.807) is 5.80 Å². The Hall–Kier alpha value is -0.640. The van der Waals surface area contributed by atoms with Gasteiger partial charge in [-0.2, -0.15) is 0 Å². The van der Waals surface area contributed by atoms with Gasteiger partial charge >= 0.3 is 0 Å². The first-order valence-electron chi connectivity index (χ1n) is 3.97. The minimum atomic E-state index is 0.0912. The molecule has 0 aliphatic heterocycles. The molecule has 76 valence electrons. The summed E-state index contributed by atoms with van der Waals surface area (Å²) < 4.78 is 10.3. The molecule has 0 radical (unpaired) electrons. The normalized spacial score (nSPS) is 9.54. The minimum Gasteiger partial charge on any atom is -0.377 e. The largest absolute Gasteiger partial charge is 0.377 e. The predicted octanol–water partition coefficient (Wildman–Crippen LogP) is -0.762. The third-order valence-corrected chi connectivity index (χ3v) is 1.27. The molecule has 5 nitrogen and oxygen atoms in total. The van der Waals surface area contributed by atoms with Crippen molar-refractivity contribution >= 4 is 20.6 Å². The number of hydrogen-bond donors (Lipinski definition) is 2. The van der Waals surface area contributed by atoms with Crippen LogP contribution in [0.15, 0.2) is 4.99 Å². The molecule has 0 saturated heterocycles. The molecule has 0 unspecified atom stereocenters. The average Bonchev–Trinajstić information content (AvgIpc) is 2.09. The lowest BCUT2D eigenvalue weighted by Crippen LogP contribution is -2.23. The van der Waals surface area contributed by atoms with Gasteiger partial charge in [-0.05, 0) is 5.80 Å². The van der Waals surface area contributed by atoms with Crippen molar-refractivity contribution in [3.8, 4) is 0 Å². The Morgan fingerprint density at radius 1 is 1.23 bits per heavy atom. The highest BCUT2D eigenvalue weighted by molar-refractivity contribution is 7.18. The Labute approximate surface area is 80.3 Å². The highest BCUT2D eigenvalue weighted by Gasteiger charge is 1.87. The zero-order chi connectivity index (χ0) is 9.94. The molecule has 0 aromatic carbocycles. The first-order valence-corrected chi connectivity index (χ1v) is 4.55. The maximum absolute atomic E-state index is 5.16. The maximum Gasteiger partial charge on any atom is 0.185 e. The summed E-state index contributed by atoms with van der Waals surface area (Å²) in [5.74, 6) is 1.84. The van der Waals surface area contributed by atoms with Crippen LogP contribution in [0.2, 0.25) is 0 Å². The Morgan fingerprint density at radius 2 is 1.92 bits per heavy atom. The van der Waals surface area contributed by atoms with Gasteiger partial charge < -0.3 is 20.9 Å². The van der Waals surface area contributed by atoms with Gasteiger partial charge in [-0.1, -0.05) is 0 Å². The molecular weight excluding hydrogens is 189 g/mol. The monoisotopic (exact) mass is 205 g/mol. The molecule has 0 atom stereocenters. The maximum atomic E-state index is 5.16. The predicted molar refractivity (Wildman–Crippen MR) is 56.7 cm³/mol. The molecule has 0 bridgehead atoms. The van der Waals surface area contributed by atoms with E-state index in [0.717, 1.165) is 0 Å². The molecule has 6 heteroatoms. The number of aliphatic imine (C=N–C) groups is 1. The molecule has 0 spiro atoms. The van der Waals surface area contributed by atoms with Crippen LogP contribution >= 0.6 is 8.86 Å². The molecule has 13 heavy (non-hydrogen) atoms. The van der Waals surface area contributed by atoms with Gasteiger partial charge in [0, 0.05) is 0 Å². The first-order chi connectivity index (χ1) is 6.27. The van der Waals surface area contributed by atoms with Crippen LogP contribution in [-0.4, -0.2) is 44.7 Å². The van der Waals surface area contributed by atoms with Crippen molar-refractivity contribution in [2.24, 2.45) is 16.5 Å². The number of guanidine groups is 1. The van der Waals surface area contributed by atoms with E-state index in [1.807, 2.05) is 0 Å². The quantitative estimate of drug-likeness (QED) is 0.236. The molecule has 0 fully saturated rings. The molecule has 4 N–H and O–H groups in total. The lowest BCUT2D eigenvalue weighted by atomic mass is 10.7. The van der Waals surface area contributed by atoms with E-state index in [1.165, 1.54) is 0 Å². The van der Waals surface area contributed by atoms with Crippen molar-refractivity contribution in [1.82, 2.24) is 0 Å². The summed E-state index contributed by atoms with van der Waals surface area (Å²) in [6.45, 7) is 2.71. The van der Waals surface area contributed by atoms with Gasteiger partial charge in [-0.25, -0.2) is 0 Å². The summed E-state index contributed by atoms with van der Waals surface area (Å²) >= 11 is 0. The Balaban J connectivity index is 2.99. The van der Waals surface area contributed by atoms with Crippen molar-refractivity contribution < 1.29 is 9.47 Å². The van der Waals surface area contributed by atoms with Crippen LogP contribution in [0.1, 0.15) is 0 Å². The Kier molecular flexibility index (Phi) is 8.98. The van der Waals surface area contributed by atoms with Crippen molar-refractivity contribution in [1.29, 1.82) is 0 Å². The van der Waals surface area contributed by atoms with Gasteiger partial charge in [-0.3, -0.25) is 4.99 Å². The van der Waals surface area contributed by atoms with E-state index < -0.39 is 0 Å². The smallest absolute Gasteiger partial charge is 0.185 e. The van der Waals surface area contributed by atoms with Gasteiger partial charge in [0.15, 0.2) is 5.96 Å². The van der Waals surface area contributed by atoms with Crippen molar-refractivity contribution in [3.63, 3.8) is 0 Å². The topological polar surface area (TPSA) is 82.9 Å². The van der Waals surface area contributed by atoms with Crippen LogP contribution < -0.4 is 11.5 Å². The lowest BCUT2D eigenvalue weighted by Gasteiger charge is -2.02.